The number of halogens is 4. The van der Waals surface area contributed by atoms with Crippen LogP contribution < -0.4 is 11.3 Å². The number of anilines is 1. The van der Waals surface area contributed by atoms with Gasteiger partial charge in [0.25, 0.3) is 11.9 Å². The number of aromatic nitrogens is 3. The first-order valence-electron chi connectivity index (χ1n) is 6.87. The van der Waals surface area contributed by atoms with E-state index in [0.717, 1.165) is 18.3 Å². The molecule has 3 heterocycles. The minimum Gasteiger partial charge on any atom is -0.463 e. The van der Waals surface area contributed by atoms with Crippen molar-refractivity contribution in [2.24, 2.45) is 0 Å². The minimum atomic E-state index is -5.19. The van der Waals surface area contributed by atoms with Crippen molar-refractivity contribution in [3.05, 3.63) is 53.3 Å². The van der Waals surface area contributed by atoms with Gasteiger partial charge in [-0.3, -0.25) is 9.36 Å². The maximum Gasteiger partial charge on any atom is 0.439 e. The molecule has 0 saturated carbocycles. The van der Waals surface area contributed by atoms with E-state index >= 15 is 0 Å². The van der Waals surface area contributed by atoms with E-state index in [-0.39, 0.29) is 21.8 Å². The van der Waals surface area contributed by atoms with Crippen LogP contribution in [0.2, 0.25) is 0 Å². The van der Waals surface area contributed by atoms with Crippen LogP contribution in [-0.2, 0) is 0 Å². The summed E-state index contributed by atoms with van der Waals surface area (Å²) in [6.45, 7) is 0. The fraction of sp³-hybridized carbons (Fsp3) is 0.133. The summed E-state index contributed by atoms with van der Waals surface area (Å²) in [6, 6.07) is 5.21. The average molecular weight is 354 g/mol. The first-order valence-corrected chi connectivity index (χ1v) is 6.87. The molecule has 0 aliphatic heterocycles. The number of hydrogen-bond donors (Lipinski definition) is 1. The Balaban J connectivity index is 2.10. The molecule has 25 heavy (non-hydrogen) atoms. The standard InChI is InChI=1S/C15H10F4N4O2/c16-13(15(17,18)19)23-4-3-8(6-11(23)24)9-7-21-14(20)22-12(9)10-2-1-5-25-10/h1-7,13H,(H2,20,21,22). The third-order valence-corrected chi connectivity index (χ3v) is 3.34. The third-order valence-electron chi connectivity index (χ3n) is 3.34. The van der Waals surface area contributed by atoms with Crippen molar-refractivity contribution < 1.29 is 22.0 Å². The van der Waals surface area contributed by atoms with Crippen molar-refractivity contribution in [1.82, 2.24) is 14.5 Å². The molecule has 0 radical (unpaired) electrons. The number of furan rings is 1. The average Bonchev–Trinajstić information content (AvgIpc) is 3.07. The summed E-state index contributed by atoms with van der Waals surface area (Å²) in [5.74, 6) is 0.274. The lowest BCUT2D eigenvalue weighted by atomic mass is 10.1. The van der Waals surface area contributed by atoms with Crippen molar-refractivity contribution in [2.45, 2.75) is 12.5 Å². The van der Waals surface area contributed by atoms with Gasteiger partial charge in [0.1, 0.15) is 5.69 Å². The van der Waals surface area contributed by atoms with E-state index in [4.69, 9.17) is 10.2 Å². The molecule has 6 nitrogen and oxygen atoms in total. The van der Waals surface area contributed by atoms with Crippen molar-refractivity contribution in [3.63, 3.8) is 0 Å². The lowest BCUT2D eigenvalue weighted by molar-refractivity contribution is -0.205. The van der Waals surface area contributed by atoms with Crippen LogP contribution in [0.25, 0.3) is 22.6 Å². The molecule has 0 fully saturated rings. The minimum absolute atomic E-state index is 0.0474. The van der Waals surface area contributed by atoms with Crippen molar-refractivity contribution in [1.29, 1.82) is 0 Å². The molecule has 0 aliphatic carbocycles. The first kappa shape index (κ1) is 16.7. The van der Waals surface area contributed by atoms with Gasteiger partial charge in [-0.15, -0.1) is 0 Å². The van der Waals surface area contributed by atoms with Crippen LogP contribution in [0.15, 0.2) is 52.1 Å². The Morgan fingerprint density at radius 2 is 2.04 bits per heavy atom. The van der Waals surface area contributed by atoms with Crippen molar-refractivity contribution >= 4 is 5.95 Å². The quantitative estimate of drug-likeness (QED) is 0.730. The lowest BCUT2D eigenvalue weighted by Crippen LogP contribution is -2.30. The summed E-state index contributed by atoms with van der Waals surface area (Å²) >= 11 is 0. The number of hydrogen-bond acceptors (Lipinski definition) is 5. The predicted molar refractivity (Wildman–Crippen MR) is 80.0 cm³/mol. The molecular formula is C15H10F4N4O2. The summed E-state index contributed by atoms with van der Waals surface area (Å²) in [4.78, 5) is 19.7. The topological polar surface area (TPSA) is 86.9 Å². The van der Waals surface area contributed by atoms with E-state index in [2.05, 4.69) is 9.97 Å². The summed E-state index contributed by atoms with van der Waals surface area (Å²) in [7, 11) is 0. The second kappa shape index (κ2) is 6.04. The van der Waals surface area contributed by atoms with Gasteiger partial charge >= 0.3 is 6.18 Å². The molecule has 0 amide bonds. The van der Waals surface area contributed by atoms with Crippen LogP contribution in [-0.4, -0.2) is 20.7 Å². The zero-order chi connectivity index (χ0) is 18.2. The fourth-order valence-electron chi connectivity index (χ4n) is 2.21. The number of rotatable bonds is 3. The highest BCUT2D eigenvalue weighted by Gasteiger charge is 2.42. The molecule has 1 atom stereocenters. The normalized spacial score (nSPS) is 13.0. The van der Waals surface area contributed by atoms with Gasteiger partial charge < -0.3 is 10.2 Å². The highest BCUT2D eigenvalue weighted by Crippen LogP contribution is 2.32. The van der Waals surface area contributed by atoms with Gasteiger partial charge in [0.15, 0.2) is 5.76 Å². The zero-order valence-corrected chi connectivity index (χ0v) is 12.4. The summed E-state index contributed by atoms with van der Waals surface area (Å²) in [5, 5.41) is 0. The van der Waals surface area contributed by atoms with E-state index in [1.54, 1.807) is 12.1 Å². The van der Waals surface area contributed by atoms with E-state index in [9.17, 15) is 22.4 Å². The van der Waals surface area contributed by atoms with Crippen LogP contribution >= 0.6 is 0 Å². The van der Waals surface area contributed by atoms with Gasteiger partial charge in [-0.25, -0.2) is 14.4 Å². The molecule has 130 valence electrons. The summed E-state index contributed by atoms with van der Waals surface area (Å²) < 4.78 is 55.9. The third kappa shape index (κ3) is 3.23. The van der Waals surface area contributed by atoms with Gasteiger partial charge in [0, 0.05) is 24.0 Å². The highest BCUT2D eigenvalue weighted by atomic mass is 19.4. The molecule has 0 bridgehead atoms. The van der Waals surface area contributed by atoms with Gasteiger partial charge in [0.05, 0.1) is 6.26 Å². The van der Waals surface area contributed by atoms with Crippen LogP contribution in [0.3, 0.4) is 0 Å². The molecule has 2 N–H and O–H groups in total. The molecule has 0 aromatic carbocycles. The molecule has 3 rings (SSSR count). The molecule has 3 aromatic rings. The van der Waals surface area contributed by atoms with Gasteiger partial charge in [-0.05, 0) is 23.8 Å². The summed E-state index contributed by atoms with van der Waals surface area (Å²) in [6.07, 6.45) is -5.20. The van der Waals surface area contributed by atoms with Crippen molar-refractivity contribution in [3.8, 4) is 22.6 Å². The second-order valence-corrected chi connectivity index (χ2v) is 5.01. The fourth-order valence-corrected chi connectivity index (χ4v) is 2.21. The maximum atomic E-state index is 13.4. The molecule has 1 unspecified atom stereocenters. The van der Waals surface area contributed by atoms with Crippen LogP contribution in [0.5, 0.6) is 0 Å². The maximum absolute atomic E-state index is 13.4. The van der Waals surface area contributed by atoms with E-state index in [0.29, 0.717) is 11.3 Å². The van der Waals surface area contributed by atoms with Crippen LogP contribution in [0.1, 0.15) is 6.30 Å². The smallest absolute Gasteiger partial charge is 0.439 e. The number of nitrogen functional groups attached to an aromatic ring is 1. The molecular weight excluding hydrogens is 344 g/mol. The first-order chi connectivity index (χ1) is 11.8. The number of pyridine rings is 1. The van der Waals surface area contributed by atoms with Gasteiger partial charge in [-0.2, -0.15) is 13.2 Å². The highest BCUT2D eigenvalue weighted by molar-refractivity contribution is 5.78. The van der Waals surface area contributed by atoms with Crippen molar-refractivity contribution in [2.75, 3.05) is 5.73 Å². The molecule has 0 saturated heterocycles. The number of nitrogens with zero attached hydrogens (tertiary/aromatic N) is 3. The Hall–Kier alpha value is -3.17. The Morgan fingerprint density at radius 1 is 1.28 bits per heavy atom. The van der Waals surface area contributed by atoms with Crippen LogP contribution in [0, 0.1) is 0 Å². The molecule has 0 aliphatic rings. The molecule has 3 aromatic heterocycles. The van der Waals surface area contributed by atoms with Gasteiger partial charge in [0.2, 0.25) is 5.95 Å². The SMILES string of the molecule is Nc1ncc(-c2ccn(C(F)C(F)(F)F)c(=O)c2)c(-c2ccco2)n1. The van der Waals surface area contributed by atoms with E-state index in [1.165, 1.54) is 12.5 Å². The van der Waals surface area contributed by atoms with E-state index in [1.807, 2.05) is 0 Å². The van der Waals surface area contributed by atoms with Crippen LogP contribution in [0.4, 0.5) is 23.5 Å². The largest absolute Gasteiger partial charge is 0.463 e. The number of nitrogens with two attached hydrogens (primary N) is 1. The Labute approximate surface area is 137 Å². The Kier molecular flexibility index (Phi) is 4.03. The Morgan fingerprint density at radius 3 is 2.64 bits per heavy atom. The predicted octanol–water partition coefficient (Wildman–Crippen LogP) is 3.18. The second-order valence-electron chi connectivity index (χ2n) is 5.01. The molecule has 10 heteroatoms. The monoisotopic (exact) mass is 354 g/mol. The molecule has 0 spiro atoms. The van der Waals surface area contributed by atoms with Gasteiger partial charge in [-0.1, -0.05) is 0 Å². The Bertz CT molecular complexity index is 951. The van der Waals surface area contributed by atoms with E-state index < -0.39 is 18.0 Å². The zero-order valence-electron chi connectivity index (χ0n) is 12.4. The lowest BCUT2D eigenvalue weighted by Gasteiger charge is -2.15. The summed E-state index contributed by atoms with van der Waals surface area (Å²) in [5.41, 5.74) is 5.14. The number of alkyl halides is 4.